The van der Waals surface area contributed by atoms with Crippen molar-refractivity contribution in [2.45, 2.75) is 37.4 Å². The lowest BCUT2D eigenvalue weighted by Crippen LogP contribution is -2.68. The number of urea groups is 1. The maximum absolute atomic E-state index is 14.4. The van der Waals surface area contributed by atoms with Crippen molar-refractivity contribution >= 4 is 83.7 Å². The molecule has 48 heavy (non-hydrogen) atoms. The van der Waals surface area contributed by atoms with Crippen LogP contribution in [0.4, 0.5) is 26.1 Å². The average molecular weight is 807 g/mol. The Labute approximate surface area is 297 Å². The maximum atomic E-state index is 14.4. The number of amides is 4. The highest BCUT2D eigenvalue weighted by molar-refractivity contribution is 9.11. The summed E-state index contributed by atoms with van der Waals surface area (Å²) in [6.07, 6.45) is 0.958. The van der Waals surface area contributed by atoms with E-state index in [4.69, 9.17) is 21.3 Å². The number of para-hydroxylation sites is 1. The summed E-state index contributed by atoms with van der Waals surface area (Å²) < 4.78 is 5.92. The van der Waals surface area contributed by atoms with Crippen molar-refractivity contribution in [3.05, 3.63) is 62.7 Å². The van der Waals surface area contributed by atoms with Gasteiger partial charge in [0.1, 0.15) is 0 Å². The first kappa shape index (κ1) is 34.0. The molecule has 6 N–H and O–H groups in total. The minimum Gasteiger partial charge on any atom is -0.449 e. The van der Waals surface area contributed by atoms with Gasteiger partial charge < -0.3 is 46.2 Å². The lowest BCUT2D eigenvalue weighted by atomic mass is 9.87. The highest BCUT2D eigenvalue weighted by atomic mass is 79.9. The average Bonchev–Trinajstić information content (AvgIpc) is 3.54. The van der Waals surface area contributed by atoms with Crippen LogP contribution in [0.25, 0.3) is 0 Å². The molecular formula is C31H34Br2N8O6S. The number of hydrogen-bond donors (Lipinski definition) is 4. The summed E-state index contributed by atoms with van der Waals surface area (Å²) in [4.78, 5) is 63.7. The fourth-order valence-electron chi connectivity index (χ4n) is 6.40. The third-order valence-electron chi connectivity index (χ3n) is 8.94. The summed E-state index contributed by atoms with van der Waals surface area (Å²) in [6, 6.07) is 11.0. The Morgan fingerprint density at radius 2 is 1.65 bits per heavy atom. The van der Waals surface area contributed by atoms with Crippen molar-refractivity contribution in [3.63, 3.8) is 0 Å². The van der Waals surface area contributed by atoms with Gasteiger partial charge in [0.15, 0.2) is 10.7 Å². The number of benzene rings is 2. The van der Waals surface area contributed by atoms with Gasteiger partial charge in [-0.25, -0.2) is 14.6 Å². The number of rotatable bonds is 7. The number of piperidine rings is 1. The molecule has 0 saturated carbocycles. The number of carboxylic acid groups (broad SMARTS) is 1. The normalized spacial score (nSPS) is 18.2. The van der Waals surface area contributed by atoms with Crippen LogP contribution in [-0.2, 0) is 22.6 Å². The number of ether oxygens (including phenoxy) is 1. The van der Waals surface area contributed by atoms with E-state index in [1.807, 2.05) is 34.1 Å². The molecule has 2 saturated heterocycles. The minimum atomic E-state index is -1.91. The van der Waals surface area contributed by atoms with Crippen LogP contribution in [0, 0.1) is 0 Å². The number of halogens is 2. The largest absolute Gasteiger partial charge is 0.512 e. The molecule has 2 fully saturated rings. The lowest BCUT2D eigenvalue weighted by Gasteiger charge is -2.44. The van der Waals surface area contributed by atoms with Gasteiger partial charge in [0.2, 0.25) is 5.06 Å². The molecule has 0 aliphatic carbocycles. The Morgan fingerprint density at radius 1 is 1.02 bits per heavy atom. The topological polar surface area (TPSA) is 188 Å². The highest BCUT2D eigenvalue weighted by Gasteiger charge is 2.48. The zero-order valence-electron chi connectivity index (χ0n) is 25.7. The quantitative estimate of drug-likeness (QED) is 0.155. The molecule has 2 aromatic carbocycles. The van der Waals surface area contributed by atoms with Crippen molar-refractivity contribution in [3.8, 4) is 5.06 Å². The van der Waals surface area contributed by atoms with Crippen LogP contribution >= 0.6 is 43.2 Å². The Balaban J connectivity index is 1.17. The molecule has 14 nitrogen and oxygen atoms in total. The third kappa shape index (κ3) is 6.95. The summed E-state index contributed by atoms with van der Waals surface area (Å²) in [5.74, 6) is -0.958. The summed E-state index contributed by atoms with van der Waals surface area (Å²) in [5.41, 5.74) is 14.1. The van der Waals surface area contributed by atoms with Crippen LogP contribution < -0.4 is 26.4 Å². The Bertz CT molecular complexity index is 1720. The number of fused-ring (bicyclic) bond motifs is 1. The number of aromatic nitrogens is 1. The van der Waals surface area contributed by atoms with E-state index in [0.29, 0.717) is 70.9 Å². The second-order valence-electron chi connectivity index (χ2n) is 12.0. The molecule has 3 aromatic rings. The van der Waals surface area contributed by atoms with Gasteiger partial charge in [-0.1, -0.05) is 29.5 Å². The van der Waals surface area contributed by atoms with Gasteiger partial charge in [0.25, 0.3) is 11.8 Å². The van der Waals surface area contributed by atoms with Gasteiger partial charge in [-0.3, -0.25) is 9.59 Å². The fraction of sp³-hybridized carbons (Fsp3) is 0.387. The van der Waals surface area contributed by atoms with Crippen LogP contribution in [0.15, 0.2) is 51.5 Å². The number of thiazole rings is 1. The number of hydrogen-bond acceptors (Lipinski definition) is 10. The molecule has 3 aliphatic heterocycles. The maximum Gasteiger partial charge on any atom is 0.512 e. The van der Waals surface area contributed by atoms with Crippen molar-refractivity contribution in [1.29, 1.82) is 0 Å². The van der Waals surface area contributed by atoms with E-state index in [0.717, 1.165) is 22.6 Å². The second-order valence-corrected chi connectivity index (χ2v) is 14.6. The first-order valence-corrected chi connectivity index (χ1v) is 17.7. The van der Waals surface area contributed by atoms with Crippen molar-refractivity contribution < 1.29 is 29.0 Å². The third-order valence-corrected chi connectivity index (χ3v) is 11.2. The van der Waals surface area contributed by atoms with Gasteiger partial charge in [-0.05, 0) is 74.0 Å². The standard InChI is InChI=1S/C31H34Br2N8O6S/c32-21-13-18(14-22(33)25(21)34)15-31(35,27(43)39-9-11-40(12-10-39)29-36-16-24(48-29)47-30(45)46)26(42)38-7-5-20(6-8-38)41-17-19-3-1-2-4-23(19)37-28(41)44/h1-4,13-14,16,20H,5-12,15,17,34-35H2,(H,37,44)(H,45,46)/t31-/m0/s1. The molecule has 0 unspecified atom stereocenters. The van der Waals surface area contributed by atoms with Crippen molar-refractivity contribution in [1.82, 2.24) is 19.7 Å². The number of carbonyl (C=O) groups is 4. The van der Waals surface area contributed by atoms with Crippen LogP contribution in [-0.4, -0.2) is 99.6 Å². The number of piperazine rings is 1. The predicted molar refractivity (Wildman–Crippen MR) is 187 cm³/mol. The summed E-state index contributed by atoms with van der Waals surface area (Å²) in [5, 5.41) is 12.6. The molecule has 1 aromatic heterocycles. The molecule has 3 aliphatic rings. The second kappa shape index (κ2) is 13.9. The molecule has 1 atom stereocenters. The molecule has 0 bridgehead atoms. The predicted octanol–water partition coefficient (Wildman–Crippen LogP) is 3.93. The number of nitrogen functional groups attached to an aromatic ring is 1. The number of anilines is 3. The summed E-state index contributed by atoms with van der Waals surface area (Å²) in [6.45, 7) is 2.54. The first-order chi connectivity index (χ1) is 22.9. The molecular weight excluding hydrogens is 772 g/mol. The molecule has 254 valence electrons. The van der Waals surface area contributed by atoms with Gasteiger partial charge in [-0.15, -0.1) is 0 Å². The fourth-order valence-corrected chi connectivity index (χ4v) is 8.49. The van der Waals surface area contributed by atoms with Gasteiger partial charge >= 0.3 is 12.2 Å². The minimum absolute atomic E-state index is 0.0596. The number of likely N-dealkylation sites (tertiary alicyclic amines) is 1. The number of carbonyl (C=O) groups excluding carboxylic acids is 3. The van der Waals surface area contributed by atoms with Crippen molar-refractivity contribution in [2.24, 2.45) is 5.73 Å². The molecule has 0 spiro atoms. The molecule has 4 amide bonds. The lowest BCUT2D eigenvalue weighted by molar-refractivity contribution is -0.150. The molecule has 17 heteroatoms. The summed E-state index contributed by atoms with van der Waals surface area (Å²) in [7, 11) is 0. The van der Waals surface area contributed by atoms with E-state index < -0.39 is 23.5 Å². The Hall–Kier alpha value is -3.93. The molecule has 4 heterocycles. The van der Waals surface area contributed by atoms with Gasteiger partial charge in [-0.2, -0.15) is 0 Å². The summed E-state index contributed by atoms with van der Waals surface area (Å²) >= 11 is 8.01. The Morgan fingerprint density at radius 3 is 2.29 bits per heavy atom. The number of nitrogens with two attached hydrogens (primary N) is 2. The van der Waals surface area contributed by atoms with Gasteiger partial charge in [0, 0.05) is 72.9 Å². The van der Waals surface area contributed by atoms with E-state index in [9.17, 15) is 19.2 Å². The van der Waals surface area contributed by atoms with Crippen molar-refractivity contribution in [2.75, 3.05) is 55.2 Å². The molecule has 0 radical (unpaired) electrons. The number of nitrogens with zero attached hydrogens (tertiary/aromatic N) is 5. The van der Waals surface area contributed by atoms with E-state index >= 15 is 0 Å². The van der Waals surface area contributed by atoms with E-state index in [1.165, 1.54) is 6.20 Å². The Kier molecular flexibility index (Phi) is 9.83. The van der Waals surface area contributed by atoms with E-state index in [1.54, 1.807) is 21.9 Å². The van der Waals surface area contributed by atoms with Gasteiger partial charge in [0.05, 0.1) is 11.9 Å². The van der Waals surface area contributed by atoms with Crippen LogP contribution in [0.5, 0.6) is 5.06 Å². The monoisotopic (exact) mass is 804 g/mol. The molecule has 6 rings (SSSR count). The highest BCUT2D eigenvalue weighted by Crippen LogP contribution is 2.34. The zero-order chi connectivity index (χ0) is 34.2. The first-order valence-electron chi connectivity index (χ1n) is 15.3. The van der Waals surface area contributed by atoms with Crippen LogP contribution in [0.3, 0.4) is 0 Å². The smallest absolute Gasteiger partial charge is 0.449 e. The zero-order valence-corrected chi connectivity index (χ0v) is 29.7. The van der Waals surface area contributed by atoms with Crippen LogP contribution in [0.1, 0.15) is 24.0 Å². The SMILES string of the molecule is Nc1c(Br)cc(C[C@](N)(C(=O)N2CCC(N3Cc4ccccc4NC3=O)CC2)C(=O)N2CCN(c3ncc(OC(=O)O)s3)CC2)cc1Br. The number of nitrogens with one attached hydrogen (secondary N) is 1. The van der Waals surface area contributed by atoms with E-state index in [2.05, 4.69) is 42.2 Å². The van der Waals surface area contributed by atoms with E-state index in [-0.39, 0.29) is 36.6 Å². The van der Waals surface area contributed by atoms with Crippen LogP contribution in [0.2, 0.25) is 0 Å².